The summed E-state index contributed by atoms with van der Waals surface area (Å²) in [6, 6.07) is 6.80. The van der Waals surface area contributed by atoms with Crippen molar-refractivity contribution in [2.75, 3.05) is 34.0 Å². The first-order chi connectivity index (χ1) is 12.5. The molecule has 0 atom stereocenters. The van der Waals surface area contributed by atoms with Gasteiger partial charge in [-0.3, -0.25) is 0 Å². The fourth-order valence-electron chi connectivity index (χ4n) is 3.20. The van der Waals surface area contributed by atoms with Gasteiger partial charge in [0.1, 0.15) is 16.4 Å². The highest BCUT2D eigenvalue weighted by Gasteiger charge is 2.36. The van der Waals surface area contributed by atoms with E-state index in [0.717, 1.165) is 18.4 Å². The first kappa shape index (κ1) is 19.2. The van der Waals surface area contributed by atoms with Crippen LogP contribution in [0.5, 0.6) is 11.5 Å². The van der Waals surface area contributed by atoms with E-state index < -0.39 is 10.0 Å². The van der Waals surface area contributed by atoms with Crippen molar-refractivity contribution >= 4 is 21.4 Å². The zero-order valence-corrected chi connectivity index (χ0v) is 16.5. The summed E-state index contributed by atoms with van der Waals surface area (Å²) in [6.45, 7) is 1.57. The van der Waals surface area contributed by atoms with Gasteiger partial charge in [0.15, 0.2) is 0 Å². The lowest BCUT2D eigenvalue weighted by molar-refractivity contribution is 0.0518. The van der Waals surface area contributed by atoms with Gasteiger partial charge in [-0.2, -0.15) is 11.3 Å². The molecule has 0 saturated carbocycles. The van der Waals surface area contributed by atoms with Crippen LogP contribution >= 0.6 is 11.3 Å². The summed E-state index contributed by atoms with van der Waals surface area (Å²) in [6.07, 6.45) is 1.56. The summed E-state index contributed by atoms with van der Waals surface area (Å²) in [7, 11) is -0.807. The van der Waals surface area contributed by atoms with E-state index in [1.165, 1.54) is 20.3 Å². The molecule has 8 heteroatoms. The highest BCUT2D eigenvalue weighted by atomic mass is 32.2. The second kappa shape index (κ2) is 7.96. The van der Waals surface area contributed by atoms with Crippen LogP contribution in [0, 0.1) is 0 Å². The highest BCUT2D eigenvalue weighted by Crippen LogP contribution is 2.36. The van der Waals surface area contributed by atoms with Gasteiger partial charge in [0.2, 0.25) is 10.0 Å². The van der Waals surface area contributed by atoms with Gasteiger partial charge in [-0.25, -0.2) is 13.1 Å². The molecule has 0 amide bonds. The summed E-state index contributed by atoms with van der Waals surface area (Å²) < 4.78 is 44.6. The average Bonchev–Trinajstić information content (AvgIpc) is 3.22. The van der Waals surface area contributed by atoms with E-state index >= 15 is 0 Å². The van der Waals surface area contributed by atoms with Crippen LogP contribution in [0.15, 0.2) is 39.9 Å². The monoisotopic (exact) mass is 397 g/mol. The number of thiophene rings is 1. The van der Waals surface area contributed by atoms with Crippen LogP contribution in [0.25, 0.3) is 0 Å². The lowest BCUT2D eigenvalue weighted by atomic mass is 9.75. The largest absolute Gasteiger partial charge is 0.497 e. The Morgan fingerprint density at radius 3 is 2.58 bits per heavy atom. The van der Waals surface area contributed by atoms with Gasteiger partial charge < -0.3 is 14.2 Å². The van der Waals surface area contributed by atoms with Crippen LogP contribution in [0.3, 0.4) is 0 Å². The van der Waals surface area contributed by atoms with E-state index in [0.29, 0.717) is 25.5 Å². The number of hydrogen-bond donors (Lipinski definition) is 1. The molecule has 1 saturated heterocycles. The van der Waals surface area contributed by atoms with Crippen molar-refractivity contribution in [2.24, 2.45) is 0 Å². The second-order valence-electron chi connectivity index (χ2n) is 6.25. The van der Waals surface area contributed by atoms with Crippen LogP contribution in [0.4, 0.5) is 0 Å². The number of rotatable bonds is 7. The van der Waals surface area contributed by atoms with Gasteiger partial charge in [0, 0.05) is 31.2 Å². The van der Waals surface area contributed by atoms with E-state index in [2.05, 4.69) is 16.2 Å². The third-order valence-corrected chi connectivity index (χ3v) is 6.95. The maximum atomic E-state index is 13.0. The van der Waals surface area contributed by atoms with Gasteiger partial charge in [0.05, 0.1) is 14.2 Å². The van der Waals surface area contributed by atoms with E-state index in [4.69, 9.17) is 14.2 Å². The number of ether oxygens (including phenoxy) is 3. The molecule has 3 rings (SSSR count). The summed E-state index contributed by atoms with van der Waals surface area (Å²) in [5, 5.41) is 4.11. The molecule has 6 nitrogen and oxygen atoms in total. The van der Waals surface area contributed by atoms with Crippen molar-refractivity contribution in [3.05, 3.63) is 40.6 Å². The average molecular weight is 398 g/mol. The third-order valence-electron chi connectivity index (χ3n) is 4.84. The Labute approximate surface area is 158 Å². The Morgan fingerprint density at radius 1 is 1.19 bits per heavy atom. The maximum absolute atomic E-state index is 13.0. The van der Waals surface area contributed by atoms with Gasteiger partial charge in [-0.1, -0.05) is 0 Å². The molecule has 2 aromatic rings. The van der Waals surface area contributed by atoms with Crippen LogP contribution in [-0.4, -0.2) is 42.4 Å². The molecule has 1 aliphatic rings. The Hall–Kier alpha value is -1.61. The van der Waals surface area contributed by atoms with Crippen molar-refractivity contribution < 1.29 is 22.6 Å². The lowest BCUT2D eigenvalue weighted by Gasteiger charge is -2.37. The molecule has 1 fully saturated rings. The minimum absolute atomic E-state index is 0.0758. The van der Waals surface area contributed by atoms with Crippen molar-refractivity contribution in [2.45, 2.75) is 23.2 Å². The van der Waals surface area contributed by atoms with Crippen molar-refractivity contribution in [1.29, 1.82) is 0 Å². The maximum Gasteiger partial charge on any atom is 0.244 e. The molecule has 0 bridgehead atoms. The Morgan fingerprint density at radius 2 is 1.96 bits per heavy atom. The van der Waals surface area contributed by atoms with Crippen molar-refractivity contribution in [1.82, 2.24) is 4.72 Å². The van der Waals surface area contributed by atoms with Gasteiger partial charge in [-0.05, 0) is 47.4 Å². The smallest absolute Gasteiger partial charge is 0.244 e. The molecule has 1 N–H and O–H groups in total. The number of sulfonamides is 1. The summed E-state index contributed by atoms with van der Waals surface area (Å²) in [4.78, 5) is 0.0758. The molecule has 1 aromatic carbocycles. The fraction of sp³-hybridized carbons (Fsp3) is 0.444. The lowest BCUT2D eigenvalue weighted by Crippen LogP contribution is -2.44. The number of methoxy groups -OCH3 is 2. The quantitative estimate of drug-likeness (QED) is 0.778. The standard InChI is InChI=1S/C18H23NO5S2/c1-22-15-3-4-16(23-2)17(11-15)26(20,21)19-13-18(6-8-24-9-7-18)14-5-10-25-12-14/h3-5,10-12,19H,6-9,13H2,1-2H3. The summed E-state index contributed by atoms with van der Waals surface area (Å²) in [5.74, 6) is 0.750. The van der Waals surface area contributed by atoms with Gasteiger partial charge in [-0.15, -0.1) is 0 Å². The predicted octanol–water partition coefficient (Wildman–Crippen LogP) is 2.79. The molecule has 142 valence electrons. The molecule has 2 heterocycles. The molecule has 0 spiro atoms. The van der Waals surface area contributed by atoms with E-state index in [9.17, 15) is 8.42 Å². The minimum atomic E-state index is -3.76. The molecule has 0 radical (unpaired) electrons. The van der Waals surface area contributed by atoms with Crippen molar-refractivity contribution in [3.8, 4) is 11.5 Å². The van der Waals surface area contributed by atoms with Crippen LogP contribution in [0.2, 0.25) is 0 Å². The number of benzene rings is 1. The van der Waals surface area contributed by atoms with Gasteiger partial charge >= 0.3 is 0 Å². The van der Waals surface area contributed by atoms with E-state index in [1.807, 2.05) is 5.38 Å². The van der Waals surface area contributed by atoms with Crippen LogP contribution in [0.1, 0.15) is 18.4 Å². The molecule has 1 aromatic heterocycles. The number of nitrogens with one attached hydrogen (secondary N) is 1. The molecular weight excluding hydrogens is 374 g/mol. The van der Waals surface area contributed by atoms with E-state index in [-0.39, 0.29) is 16.1 Å². The van der Waals surface area contributed by atoms with E-state index in [1.54, 1.807) is 23.5 Å². The Bertz CT molecular complexity index is 827. The number of hydrogen-bond acceptors (Lipinski definition) is 6. The predicted molar refractivity (Wildman–Crippen MR) is 101 cm³/mol. The Kier molecular flexibility index (Phi) is 5.86. The first-order valence-corrected chi connectivity index (χ1v) is 10.8. The SMILES string of the molecule is COc1ccc(OC)c(S(=O)(=O)NCC2(c3ccsc3)CCOCC2)c1. The highest BCUT2D eigenvalue weighted by molar-refractivity contribution is 7.89. The molecule has 0 aliphatic carbocycles. The van der Waals surface area contributed by atoms with Crippen molar-refractivity contribution in [3.63, 3.8) is 0 Å². The summed E-state index contributed by atoms with van der Waals surface area (Å²) in [5.41, 5.74) is 0.906. The third kappa shape index (κ3) is 3.88. The van der Waals surface area contributed by atoms with Gasteiger partial charge in [0.25, 0.3) is 0 Å². The van der Waals surface area contributed by atoms with Crippen LogP contribution in [-0.2, 0) is 20.2 Å². The second-order valence-corrected chi connectivity index (χ2v) is 8.76. The first-order valence-electron chi connectivity index (χ1n) is 8.33. The van der Waals surface area contributed by atoms with Crippen LogP contribution < -0.4 is 14.2 Å². The molecular formula is C18H23NO5S2. The summed E-state index contributed by atoms with van der Waals surface area (Å²) >= 11 is 1.62. The Balaban J connectivity index is 1.87. The zero-order valence-electron chi connectivity index (χ0n) is 14.9. The molecule has 26 heavy (non-hydrogen) atoms. The molecule has 0 unspecified atom stereocenters. The fourth-order valence-corrected chi connectivity index (χ4v) is 5.29. The topological polar surface area (TPSA) is 73.9 Å². The minimum Gasteiger partial charge on any atom is -0.497 e. The zero-order chi connectivity index (χ0) is 18.6. The normalized spacial score (nSPS) is 17.0. The molecule has 1 aliphatic heterocycles.